The van der Waals surface area contributed by atoms with E-state index in [1.54, 1.807) is 0 Å². The number of nitro benzene ring substituents is 1. The van der Waals surface area contributed by atoms with Crippen molar-refractivity contribution in [3.8, 4) is 0 Å². The first-order valence-electron chi connectivity index (χ1n) is 5.35. The Kier molecular flexibility index (Phi) is 5.41. The standard InChI is InChI=1S/C10H13BrN2O5S/c1-7(14)4-5-12-19(17,18)10-6-8(11)2-3-9(10)13(15)16/h2-3,6-7,12,14H,4-5H2,1H3. The summed E-state index contributed by atoms with van der Waals surface area (Å²) in [5.74, 6) is 0. The molecule has 1 aromatic carbocycles. The van der Waals surface area contributed by atoms with E-state index in [9.17, 15) is 18.5 Å². The first kappa shape index (κ1) is 16.0. The van der Waals surface area contributed by atoms with Gasteiger partial charge in [-0.15, -0.1) is 0 Å². The molecule has 2 N–H and O–H groups in total. The van der Waals surface area contributed by atoms with Crippen LogP contribution in [0.2, 0.25) is 0 Å². The summed E-state index contributed by atoms with van der Waals surface area (Å²) in [7, 11) is -3.99. The predicted molar refractivity (Wildman–Crippen MR) is 72.3 cm³/mol. The smallest absolute Gasteiger partial charge is 0.289 e. The number of nitrogens with zero attached hydrogens (tertiary/aromatic N) is 1. The van der Waals surface area contributed by atoms with Gasteiger partial charge in [0.25, 0.3) is 5.69 Å². The van der Waals surface area contributed by atoms with E-state index in [0.29, 0.717) is 4.47 Å². The van der Waals surface area contributed by atoms with Crippen molar-refractivity contribution in [1.29, 1.82) is 0 Å². The average Bonchev–Trinajstić information content (AvgIpc) is 2.27. The summed E-state index contributed by atoms with van der Waals surface area (Å²) in [5.41, 5.74) is -0.493. The third kappa shape index (κ3) is 4.53. The first-order valence-corrected chi connectivity index (χ1v) is 7.63. The van der Waals surface area contributed by atoms with Crippen molar-refractivity contribution in [3.05, 3.63) is 32.8 Å². The van der Waals surface area contributed by atoms with Gasteiger partial charge in [-0.3, -0.25) is 10.1 Å². The topological polar surface area (TPSA) is 110 Å². The molecule has 0 saturated carbocycles. The summed E-state index contributed by atoms with van der Waals surface area (Å²) >= 11 is 3.07. The highest BCUT2D eigenvalue weighted by molar-refractivity contribution is 9.10. The molecule has 1 aromatic rings. The van der Waals surface area contributed by atoms with Crippen LogP contribution in [0.5, 0.6) is 0 Å². The van der Waals surface area contributed by atoms with Gasteiger partial charge in [-0.1, -0.05) is 15.9 Å². The molecule has 0 amide bonds. The normalized spacial score (nSPS) is 13.2. The SMILES string of the molecule is CC(O)CCNS(=O)(=O)c1cc(Br)ccc1[N+](=O)[O-]. The van der Waals surface area contributed by atoms with Crippen molar-refractivity contribution in [2.75, 3.05) is 6.54 Å². The maximum absolute atomic E-state index is 12.0. The molecule has 19 heavy (non-hydrogen) atoms. The van der Waals surface area contributed by atoms with Crippen LogP contribution in [-0.2, 0) is 10.0 Å². The van der Waals surface area contributed by atoms with Gasteiger partial charge in [-0.25, -0.2) is 13.1 Å². The Morgan fingerprint density at radius 3 is 2.68 bits per heavy atom. The van der Waals surface area contributed by atoms with Gasteiger partial charge in [-0.05, 0) is 25.5 Å². The predicted octanol–water partition coefficient (Wildman–Crippen LogP) is 1.41. The minimum absolute atomic E-state index is 0.00364. The van der Waals surface area contributed by atoms with Crippen molar-refractivity contribution < 1.29 is 18.4 Å². The van der Waals surface area contributed by atoms with Gasteiger partial charge in [0.05, 0.1) is 11.0 Å². The third-order valence-electron chi connectivity index (χ3n) is 2.26. The molecule has 0 bridgehead atoms. The number of aliphatic hydroxyl groups is 1. The zero-order valence-electron chi connectivity index (χ0n) is 10.0. The van der Waals surface area contributed by atoms with E-state index in [-0.39, 0.29) is 13.0 Å². The zero-order chi connectivity index (χ0) is 14.6. The second kappa shape index (κ2) is 6.42. The fourth-order valence-electron chi connectivity index (χ4n) is 1.33. The first-order chi connectivity index (χ1) is 8.74. The van der Waals surface area contributed by atoms with Gasteiger partial charge in [0.15, 0.2) is 4.90 Å². The molecule has 1 rings (SSSR count). The molecule has 1 atom stereocenters. The van der Waals surface area contributed by atoms with Crippen molar-refractivity contribution in [2.24, 2.45) is 0 Å². The number of benzene rings is 1. The molecule has 7 nitrogen and oxygen atoms in total. The molecule has 9 heteroatoms. The van der Waals surface area contributed by atoms with Crippen LogP contribution in [0.3, 0.4) is 0 Å². The summed E-state index contributed by atoms with van der Waals surface area (Å²) in [6.07, 6.45) is -0.429. The lowest BCUT2D eigenvalue weighted by molar-refractivity contribution is -0.387. The molecule has 0 aliphatic carbocycles. The molecule has 0 aliphatic rings. The van der Waals surface area contributed by atoms with E-state index in [1.165, 1.54) is 19.1 Å². The van der Waals surface area contributed by atoms with Gasteiger partial charge in [0, 0.05) is 17.1 Å². The van der Waals surface area contributed by atoms with E-state index >= 15 is 0 Å². The summed E-state index contributed by atoms with van der Waals surface area (Å²) in [6, 6.07) is 3.68. The number of halogens is 1. The van der Waals surface area contributed by atoms with E-state index in [1.807, 2.05) is 0 Å². The summed E-state index contributed by atoms with van der Waals surface area (Å²) in [4.78, 5) is 9.66. The maximum Gasteiger partial charge on any atom is 0.289 e. The van der Waals surface area contributed by atoms with Gasteiger partial charge >= 0.3 is 0 Å². The minimum Gasteiger partial charge on any atom is -0.393 e. The summed E-state index contributed by atoms with van der Waals surface area (Å²) < 4.78 is 26.6. The molecule has 0 saturated heterocycles. The number of rotatable bonds is 6. The van der Waals surface area contributed by atoms with Crippen molar-refractivity contribution in [1.82, 2.24) is 4.72 Å². The molecule has 0 aliphatic heterocycles. The highest BCUT2D eigenvalue weighted by Crippen LogP contribution is 2.26. The van der Waals surface area contributed by atoms with Crippen molar-refractivity contribution in [2.45, 2.75) is 24.3 Å². The molecule has 0 radical (unpaired) electrons. The molecule has 1 unspecified atom stereocenters. The third-order valence-corrected chi connectivity index (χ3v) is 4.25. The van der Waals surface area contributed by atoms with Crippen LogP contribution in [0.4, 0.5) is 5.69 Å². The van der Waals surface area contributed by atoms with Crippen LogP contribution in [0.1, 0.15) is 13.3 Å². The van der Waals surface area contributed by atoms with Crippen LogP contribution in [0, 0.1) is 10.1 Å². The fraction of sp³-hybridized carbons (Fsp3) is 0.400. The van der Waals surface area contributed by atoms with Gasteiger partial charge in [0.1, 0.15) is 0 Å². The number of sulfonamides is 1. The Bertz CT molecular complexity index is 573. The second-order valence-corrected chi connectivity index (χ2v) is 6.56. The lowest BCUT2D eigenvalue weighted by Gasteiger charge is -2.08. The van der Waals surface area contributed by atoms with Crippen LogP contribution in [0.15, 0.2) is 27.6 Å². The minimum atomic E-state index is -3.99. The van der Waals surface area contributed by atoms with Gasteiger partial charge in [-0.2, -0.15) is 0 Å². The van der Waals surface area contributed by atoms with E-state index in [0.717, 1.165) is 6.07 Å². The molecule has 0 aromatic heterocycles. The quantitative estimate of drug-likeness (QED) is 0.594. The Morgan fingerprint density at radius 2 is 2.16 bits per heavy atom. The monoisotopic (exact) mass is 352 g/mol. The lowest BCUT2D eigenvalue weighted by Crippen LogP contribution is -2.27. The number of nitrogens with one attached hydrogen (secondary N) is 1. The molecular weight excluding hydrogens is 340 g/mol. The van der Waals surface area contributed by atoms with Gasteiger partial charge < -0.3 is 5.11 Å². The number of hydrogen-bond donors (Lipinski definition) is 2. The molecular formula is C10H13BrN2O5S. The Morgan fingerprint density at radius 1 is 1.53 bits per heavy atom. The fourth-order valence-corrected chi connectivity index (χ4v) is 3.09. The highest BCUT2D eigenvalue weighted by Gasteiger charge is 2.25. The second-order valence-electron chi connectivity index (χ2n) is 3.90. The number of aliphatic hydroxyl groups excluding tert-OH is 1. The van der Waals surface area contributed by atoms with Crippen LogP contribution in [-0.4, -0.2) is 31.1 Å². The molecule has 0 spiro atoms. The maximum atomic E-state index is 12.0. The average molecular weight is 353 g/mol. The Labute approximate surface area is 119 Å². The zero-order valence-corrected chi connectivity index (χ0v) is 12.4. The number of nitro groups is 1. The summed E-state index contributed by atoms with van der Waals surface area (Å²) in [5, 5.41) is 19.9. The summed E-state index contributed by atoms with van der Waals surface area (Å²) in [6.45, 7) is 1.53. The Balaban J connectivity index is 3.06. The lowest BCUT2D eigenvalue weighted by atomic mass is 10.3. The van der Waals surface area contributed by atoms with Gasteiger partial charge in [0.2, 0.25) is 10.0 Å². The van der Waals surface area contributed by atoms with Crippen LogP contribution in [0.25, 0.3) is 0 Å². The molecule has 0 heterocycles. The largest absolute Gasteiger partial charge is 0.393 e. The molecule has 106 valence electrons. The van der Waals surface area contributed by atoms with E-state index < -0.39 is 31.6 Å². The van der Waals surface area contributed by atoms with Crippen LogP contribution >= 0.6 is 15.9 Å². The van der Waals surface area contributed by atoms with E-state index in [2.05, 4.69) is 20.7 Å². The van der Waals surface area contributed by atoms with E-state index in [4.69, 9.17) is 5.11 Å². The van der Waals surface area contributed by atoms with Crippen LogP contribution < -0.4 is 4.72 Å². The Hall–Kier alpha value is -1.03. The number of hydrogen-bond acceptors (Lipinski definition) is 5. The van der Waals surface area contributed by atoms with Crippen molar-refractivity contribution in [3.63, 3.8) is 0 Å². The van der Waals surface area contributed by atoms with Crippen molar-refractivity contribution >= 4 is 31.6 Å². The highest BCUT2D eigenvalue weighted by atomic mass is 79.9. The molecule has 0 fully saturated rings.